The molecule has 11 nitrogen and oxygen atoms in total. The highest BCUT2D eigenvalue weighted by molar-refractivity contribution is 6.05. The zero-order valence-corrected chi connectivity index (χ0v) is 23.1. The van der Waals surface area contributed by atoms with E-state index in [0.29, 0.717) is 45.3 Å². The number of nitrogens with two attached hydrogens (primary N) is 1. The summed E-state index contributed by atoms with van der Waals surface area (Å²) in [6, 6.07) is 19.1. The van der Waals surface area contributed by atoms with Crippen LogP contribution < -0.4 is 11.1 Å². The number of hydrogen-bond donors (Lipinski definition) is 2. The van der Waals surface area contributed by atoms with Gasteiger partial charge in [-0.05, 0) is 85.5 Å². The highest BCUT2D eigenvalue weighted by atomic mass is 16.3. The lowest BCUT2D eigenvalue weighted by Gasteiger charge is -2.16. The van der Waals surface area contributed by atoms with E-state index in [2.05, 4.69) is 32.5 Å². The van der Waals surface area contributed by atoms with Gasteiger partial charge in [0.2, 0.25) is 5.71 Å². The Hall–Kier alpha value is -5.84. The molecule has 1 atom stereocenters. The molecule has 210 valence electrons. The number of anilines is 1. The van der Waals surface area contributed by atoms with Crippen LogP contribution in [0.15, 0.2) is 89.9 Å². The van der Waals surface area contributed by atoms with Crippen molar-refractivity contribution in [1.29, 1.82) is 0 Å². The summed E-state index contributed by atoms with van der Waals surface area (Å²) >= 11 is 0. The summed E-state index contributed by atoms with van der Waals surface area (Å²) in [5.74, 6) is 1.55. The van der Waals surface area contributed by atoms with Gasteiger partial charge in [-0.15, -0.1) is 0 Å². The van der Waals surface area contributed by atoms with Crippen molar-refractivity contribution in [3.05, 3.63) is 108 Å². The van der Waals surface area contributed by atoms with Crippen molar-refractivity contribution in [1.82, 2.24) is 39.6 Å². The normalized spacial score (nSPS) is 14.4. The van der Waals surface area contributed by atoms with Crippen LogP contribution in [0.25, 0.3) is 45.2 Å². The summed E-state index contributed by atoms with van der Waals surface area (Å²) in [5, 5.41) is 8.29. The van der Waals surface area contributed by atoms with Crippen LogP contribution in [-0.4, -0.2) is 40.2 Å². The predicted octanol–water partition coefficient (Wildman–Crippen LogP) is 5.12. The average molecular weight is 568 g/mol. The Labute approximate surface area is 245 Å². The van der Waals surface area contributed by atoms with E-state index in [9.17, 15) is 4.79 Å². The summed E-state index contributed by atoms with van der Waals surface area (Å²) in [7, 11) is 0. The van der Waals surface area contributed by atoms with Crippen molar-refractivity contribution in [2.75, 3.05) is 5.73 Å². The highest BCUT2D eigenvalue weighted by Gasteiger charge is 2.27. The Balaban J connectivity index is 1.20. The van der Waals surface area contributed by atoms with Crippen LogP contribution in [0.5, 0.6) is 0 Å². The van der Waals surface area contributed by atoms with E-state index >= 15 is 0 Å². The molecule has 11 heteroatoms. The molecule has 6 heterocycles. The van der Waals surface area contributed by atoms with E-state index in [1.165, 1.54) is 0 Å². The lowest BCUT2D eigenvalue weighted by Crippen LogP contribution is -2.27. The number of aromatic nitrogens is 7. The first kappa shape index (κ1) is 24.9. The second kappa shape index (κ2) is 9.62. The van der Waals surface area contributed by atoms with Crippen LogP contribution >= 0.6 is 0 Å². The van der Waals surface area contributed by atoms with Gasteiger partial charge in [0.1, 0.15) is 11.3 Å². The molecule has 0 saturated carbocycles. The lowest BCUT2D eigenvalue weighted by atomic mass is 10.1. The van der Waals surface area contributed by atoms with E-state index in [1.54, 1.807) is 35.5 Å². The number of carbonyl (C=O) groups excluding carboxylic acids is 1. The number of benzene rings is 1. The molecule has 0 radical (unpaired) electrons. The van der Waals surface area contributed by atoms with Gasteiger partial charge in [0.25, 0.3) is 5.91 Å². The summed E-state index contributed by atoms with van der Waals surface area (Å²) in [6.07, 6.45) is 8.39. The molecule has 1 aromatic carbocycles. The standard InChI is InChI=1S/C32H25N9O2/c1-18-16-24(22-11-15-43-32(22)36-18)31(42)38-25-8-5-19-17-20(6-7-21(19)25)41-29(23-4-2-12-34-28(23)33)37-26-9-10-27(39-30(26)41)40-14-3-13-35-40/h2-4,6-7,9-17,25H,5,8H2,1H3,(H2,33,34)(H,38,42)/t25-/m0/s1. The molecular weight excluding hydrogens is 542 g/mol. The van der Waals surface area contributed by atoms with Gasteiger partial charge >= 0.3 is 0 Å². The van der Waals surface area contributed by atoms with Crippen LogP contribution in [0.2, 0.25) is 0 Å². The predicted molar refractivity (Wildman–Crippen MR) is 161 cm³/mol. The van der Waals surface area contributed by atoms with Gasteiger partial charge in [-0.25, -0.2) is 24.6 Å². The number of furan rings is 1. The quantitative estimate of drug-likeness (QED) is 0.292. The van der Waals surface area contributed by atoms with Crippen molar-refractivity contribution >= 4 is 34.0 Å². The molecule has 0 spiro atoms. The third kappa shape index (κ3) is 4.12. The lowest BCUT2D eigenvalue weighted by molar-refractivity contribution is 0.0938. The zero-order valence-electron chi connectivity index (χ0n) is 23.1. The van der Waals surface area contributed by atoms with Gasteiger partial charge in [0.15, 0.2) is 17.3 Å². The SMILES string of the molecule is Cc1cc(C(=O)N[C@H]2CCc3cc(-n4c(-c5cccnc5N)nc5ccc(-n6cccn6)nc54)ccc32)c2ccoc2n1. The van der Waals surface area contributed by atoms with E-state index in [1.807, 2.05) is 54.1 Å². The molecule has 1 aliphatic carbocycles. The molecule has 1 aliphatic rings. The van der Waals surface area contributed by atoms with Crippen LogP contribution in [0.1, 0.15) is 39.6 Å². The Bertz CT molecular complexity index is 2180. The van der Waals surface area contributed by atoms with Crippen molar-refractivity contribution in [3.8, 4) is 22.9 Å². The summed E-state index contributed by atoms with van der Waals surface area (Å²) in [6.45, 7) is 1.85. The molecule has 0 saturated heterocycles. The van der Waals surface area contributed by atoms with Crippen LogP contribution in [0.4, 0.5) is 5.82 Å². The minimum atomic E-state index is -0.149. The molecular formula is C32H25N9O2. The average Bonchev–Trinajstić information content (AvgIpc) is 3.83. The monoisotopic (exact) mass is 567 g/mol. The van der Waals surface area contributed by atoms with Crippen LogP contribution in [-0.2, 0) is 6.42 Å². The maximum absolute atomic E-state index is 13.4. The first-order chi connectivity index (χ1) is 21.0. The first-order valence-corrected chi connectivity index (χ1v) is 13.9. The van der Waals surface area contributed by atoms with Crippen LogP contribution in [0.3, 0.4) is 0 Å². The molecule has 1 amide bonds. The van der Waals surface area contributed by atoms with Crippen molar-refractivity contribution in [2.24, 2.45) is 0 Å². The Morgan fingerprint density at radius 2 is 1.98 bits per heavy atom. The number of carbonyl (C=O) groups is 1. The number of imidazole rings is 1. The number of pyridine rings is 3. The fourth-order valence-corrected chi connectivity index (χ4v) is 5.90. The molecule has 0 unspecified atom stereocenters. The van der Waals surface area contributed by atoms with Gasteiger partial charge in [-0.3, -0.25) is 9.36 Å². The number of aryl methyl sites for hydroxylation is 2. The van der Waals surface area contributed by atoms with Gasteiger partial charge in [0, 0.05) is 30.0 Å². The third-order valence-corrected chi connectivity index (χ3v) is 7.89. The molecule has 0 aliphatic heterocycles. The molecule has 0 bridgehead atoms. The van der Waals surface area contributed by atoms with Gasteiger partial charge < -0.3 is 15.5 Å². The molecule has 3 N–H and O–H groups in total. The Morgan fingerprint density at radius 3 is 2.84 bits per heavy atom. The zero-order chi connectivity index (χ0) is 29.1. The van der Waals surface area contributed by atoms with Gasteiger partial charge in [-0.2, -0.15) is 5.10 Å². The molecule has 8 rings (SSSR count). The molecule has 43 heavy (non-hydrogen) atoms. The second-order valence-corrected chi connectivity index (χ2v) is 10.6. The summed E-state index contributed by atoms with van der Waals surface area (Å²) in [5.41, 5.74) is 13.3. The smallest absolute Gasteiger partial charge is 0.252 e. The number of nitrogens with one attached hydrogen (secondary N) is 1. The number of nitrogens with zero attached hydrogens (tertiary/aromatic N) is 7. The molecule has 7 aromatic rings. The minimum Gasteiger partial charge on any atom is -0.446 e. The van der Waals surface area contributed by atoms with E-state index in [4.69, 9.17) is 20.1 Å². The number of nitrogen functional groups attached to an aromatic ring is 1. The summed E-state index contributed by atoms with van der Waals surface area (Å²) < 4.78 is 9.18. The topological polar surface area (TPSA) is 143 Å². The minimum absolute atomic E-state index is 0.121. The maximum Gasteiger partial charge on any atom is 0.252 e. The third-order valence-electron chi connectivity index (χ3n) is 7.89. The maximum atomic E-state index is 13.4. The fraction of sp³-hybridized carbons (Fsp3) is 0.125. The largest absolute Gasteiger partial charge is 0.446 e. The second-order valence-electron chi connectivity index (χ2n) is 10.6. The van der Waals surface area contributed by atoms with E-state index in [0.717, 1.165) is 40.9 Å². The first-order valence-electron chi connectivity index (χ1n) is 13.9. The molecule has 0 fully saturated rings. The molecule has 6 aromatic heterocycles. The fourth-order valence-electron chi connectivity index (χ4n) is 5.90. The highest BCUT2D eigenvalue weighted by Crippen LogP contribution is 2.36. The van der Waals surface area contributed by atoms with Crippen LogP contribution in [0, 0.1) is 6.92 Å². The summed E-state index contributed by atoms with van der Waals surface area (Å²) in [4.78, 5) is 32.0. The van der Waals surface area contributed by atoms with Crippen molar-refractivity contribution in [3.63, 3.8) is 0 Å². The van der Waals surface area contributed by atoms with Crippen molar-refractivity contribution in [2.45, 2.75) is 25.8 Å². The Morgan fingerprint density at radius 1 is 1.05 bits per heavy atom. The number of fused-ring (bicyclic) bond motifs is 3. The van der Waals surface area contributed by atoms with Crippen molar-refractivity contribution < 1.29 is 9.21 Å². The number of amides is 1. The van der Waals surface area contributed by atoms with Gasteiger partial charge in [0.05, 0.1) is 28.8 Å². The van der Waals surface area contributed by atoms with E-state index < -0.39 is 0 Å². The number of rotatable bonds is 5. The van der Waals surface area contributed by atoms with E-state index in [-0.39, 0.29) is 11.9 Å². The number of hydrogen-bond acceptors (Lipinski definition) is 8. The van der Waals surface area contributed by atoms with Gasteiger partial charge in [-0.1, -0.05) is 6.07 Å². The Kier molecular flexibility index (Phi) is 5.58.